The van der Waals surface area contributed by atoms with Gasteiger partial charge in [0.15, 0.2) is 0 Å². The highest BCUT2D eigenvalue weighted by Crippen LogP contribution is 2.55. The molecular formula is C11H18O2. The van der Waals surface area contributed by atoms with E-state index in [1.54, 1.807) is 0 Å². The smallest absolute Gasteiger partial charge is 0.306 e. The van der Waals surface area contributed by atoms with Crippen LogP contribution in [0.15, 0.2) is 0 Å². The Morgan fingerprint density at radius 2 is 1.77 bits per heavy atom. The first-order valence-corrected chi connectivity index (χ1v) is 5.32. The minimum absolute atomic E-state index is 0.0289. The van der Waals surface area contributed by atoms with Crippen molar-refractivity contribution in [2.45, 2.75) is 33.1 Å². The molecule has 2 nitrogen and oxygen atoms in total. The first-order valence-electron chi connectivity index (χ1n) is 5.32. The van der Waals surface area contributed by atoms with Gasteiger partial charge in [-0.05, 0) is 42.9 Å². The second-order valence-electron chi connectivity index (χ2n) is 5.08. The number of hydrogen-bond acceptors (Lipinski definition) is 1. The maximum atomic E-state index is 10.8. The summed E-state index contributed by atoms with van der Waals surface area (Å²) < 4.78 is 0. The third-order valence-corrected chi connectivity index (χ3v) is 3.99. The van der Waals surface area contributed by atoms with E-state index < -0.39 is 5.97 Å². The quantitative estimate of drug-likeness (QED) is 0.712. The van der Waals surface area contributed by atoms with Gasteiger partial charge in [0.1, 0.15) is 0 Å². The Bertz CT molecular complexity index is 210. The molecule has 2 unspecified atom stereocenters. The Balaban J connectivity index is 1.98. The predicted octanol–water partition coefficient (Wildman–Crippen LogP) is 2.39. The fraction of sp³-hybridized carbons (Fsp3) is 0.909. The Labute approximate surface area is 79.3 Å². The molecule has 3 saturated carbocycles. The SMILES string of the molecule is CC(C)C1C2CC(C(=O)O)CC1C2. The molecule has 0 saturated heterocycles. The molecule has 0 aliphatic heterocycles. The maximum absolute atomic E-state index is 10.8. The molecule has 0 aromatic carbocycles. The number of fused-ring (bicyclic) bond motifs is 2. The fourth-order valence-electron chi connectivity index (χ4n) is 3.52. The van der Waals surface area contributed by atoms with Crippen LogP contribution in [0.3, 0.4) is 0 Å². The van der Waals surface area contributed by atoms with Crippen molar-refractivity contribution in [2.24, 2.45) is 29.6 Å². The van der Waals surface area contributed by atoms with Gasteiger partial charge >= 0.3 is 5.97 Å². The van der Waals surface area contributed by atoms with Gasteiger partial charge in [-0.25, -0.2) is 0 Å². The van der Waals surface area contributed by atoms with E-state index in [-0.39, 0.29) is 5.92 Å². The molecule has 2 bridgehead atoms. The van der Waals surface area contributed by atoms with Crippen LogP contribution in [-0.2, 0) is 4.79 Å². The first kappa shape index (κ1) is 9.04. The predicted molar refractivity (Wildman–Crippen MR) is 50.3 cm³/mol. The first-order chi connectivity index (χ1) is 6.09. The van der Waals surface area contributed by atoms with Gasteiger partial charge in [0, 0.05) is 0 Å². The molecule has 1 N–H and O–H groups in total. The highest BCUT2D eigenvalue weighted by atomic mass is 16.4. The molecule has 3 fully saturated rings. The molecule has 0 spiro atoms. The maximum Gasteiger partial charge on any atom is 0.306 e. The van der Waals surface area contributed by atoms with E-state index in [0.717, 1.165) is 36.5 Å². The molecule has 2 atom stereocenters. The minimum atomic E-state index is -0.572. The second-order valence-corrected chi connectivity index (χ2v) is 5.08. The van der Waals surface area contributed by atoms with Gasteiger partial charge in [-0.15, -0.1) is 0 Å². The molecular weight excluding hydrogens is 164 g/mol. The van der Waals surface area contributed by atoms with E-state index in [1.165, 1.54) is 6.42 Å². The number of rotatable bonds is 2. The lowest BCUT2D eigenvalue weighted by Crippen LogP contribution is -2.48. The summed E-state index contributed by atoms with van der Waals surface area (Å²) in [5.74, 6) is 2.42. The zero-order valence-corrected chi connectivity index (χ0v) is 8.36. The van der Waals surface area contributed by atoms with Crippen molar-refractivity contribution < 1.29 is 9.90 Å². The molecule has 0 aromatic rings. The largest absolute Gasteiger partial charge is 0.481 e. The topological polar surface area (TPSA) is 37.3 Å². The van der Waals surface area contributed by atoms with Crippen LogP contribution in [0.2, 0.25) is 0 Å². The van der Waals surface area contributed by atoms with Gasteiger partial charge in [-0.3, -0.25) is 4.79 Å². The lowest BCUT2D eigenvalue weighted by Gasteiger charge is -2.53. The van der Waals surface area contributed by atoms with Crippen molar-refractivity contribution in [2.75, 3.05) is 0 Å². The van der Waals surface area contributed by atoms with E-state index in [9.17, 15) is 4.79 Å². The van der Waals surface area contributed by atoms with Gasteiger partial charge in [-0.2, -0.15) is 0 Å². The molecule has 0 radical (unpaired) electrons. The molecule has 3 aliphatic carbocycles. The summed E-state index contributed by atoms with van der Waals surface area (Å²) in [6.07, 6.45) is 3.18. The summed E-state index contributed by atoms with van der Waals surface area (Å²) in [4.78, 5) is 10.8. The van der Waals surface area contributed by atoms with Crippen molar-refractivity contribution in [1.82, 2.24) is 0 Å². The van der Waals surface area contributed by atoms with Crippen molar-refractivity contribution in [1.29, 1.82) is 0 Å². The molecule has 3 aliphatic rings. The van der Waals surface area contributed by atoms with E-state index in [1.807, 2.05) is 0 Å². The lowest BCUT2D eigenvalue weighted by atomic mass is 9.51. The van der Waals surface area contributed by atoms with Crippen LogP contribution in [0, 0.1) is 29.6 Å². The monoisotopic (exact) mass is 182 g/mol. The summed E-state index contributed by atoms with van der Waals surface area (Å²) in [6.45, 7) is 4.54. The van der Waals surface area contributed by atoms with Crippen LogP contribution in [0.1, 0.15) is 33.1 Å². The zero-order chi connectivity index (χ0) is 9.59. The Morgan fingerprint density at radius 1 is 1.23 bits per heavy atom. The van der Waals surface area contributed by atoms with Crippen molar-refractivity contribution in [3.63, 3.8) is 0 Å². The van der Waals surface area contributed by atoms with Gasteiger partial charge in [0.25, 0.3) is 0 Å². The highest BCUT2D eigenvalue weighted by molar-refractivity contribution is 5.70. The number of carboxylic acids is 1. The normalized spacial score (nSPS) is 43.0. The van der Waals surface area contributed by atoms with Crippen LogP contribution < -0.4 is 0 Å². The third-order valence-electron chi connectivity index (χ3n) is 3.99. The van der Waals surface area contributed by atoms with Crippen LogP contribution in [0.5, 0.6) is 0 Å². The summed E-state index contributed by atoms with van der Waals surface area (Å²) in [7, 11) is 0. The van der Waals surface area contributed by atoms with E-state index in [2.05, 4.69) is 13.8 Å². The average molecular weight is 182 g/mol. The summed E-state index contributed by atoms with van der Waals surface area (Å²) in [5, 5.41) is 8.90. The van der Waals surface area contributed by atoms with Gasteiger partial charge in [0.2, 0.25) is 0 Å². The number of carboxylic acid groups (broad SMARTS) is 1. The Kier molecular flexibility index (Phi) is 2.09. The standard InChI is InChI=1S/C11H18O2/c1-6(2)10-7-3-8(10)5-9(4-7)11(12)13/h6-10H,3-5H2,1-2H3,(H,12,13). The van der Waals surface area contributed by atoms with Crippen molar-refractivity contribution >= 4 is 5.97 Å². The molecule has 0 aromatic heterocycles. The minimum Gasteiger partial charge on any atom is -0.481 e. The van der Waals surface area contributed by atoms with Crippen LogP contribution in [0.4, 0.5) is 0 Å². The van der Waals surface area contributed by atoms with E-state index >= 15 is 0 Å². The lowest BCUT2D eigenvalue weighted by molar-refractivity contribution is -0.150. The zero-order valence-electron chi connectivity index (χ0n) is 8.36. The summed E-state index contributed by atoms with van der Waals surface area (Å²) >= 11 is 0. The fourth-order valence-corrected chi connectivity index (χ4v) is 3.52. The van der Waals surface area contributed by atoms with Gasteiger partial charge in [-0.1, -0.05) is 13.8 Å². The van der Waals surface area contributed by atoms with Gasteiger partial charge in [0.05, 0.1) is 5.92 Å². The van der Waals surface area contributed by atoms with E-state index in [0.29, 0.717) is 0 Å². The number of hydrogen-bond donors (Lipinski definition) is 1. The Morgan fingerprint density at radius 3 is 2.15 bits per heavy atom. The Hall–Kier alpha value is -0.530. The molecule has 0 amide bonds. The molecule has 2 heteroatoms. The van der Waals surface area contributed by atoms with Gasteiger partial charge < -0.3 is 5.11 Å². The number of aliphatic carboxylic acids is 1. The number of carbonyl (C=O) groups is 1. The third kappa shape index (κ3) is 1.36. The second kappa shape index (κ2) is 3.00. The van der Waals surface area contributed by atoms with Crippen LogP contribution in [0.25, 0.3) is 0 Å². The molecule has 3 rings (SSSR count). The van der Waals surface area contributed by atoms with Crippen molar-refractivity contribution in [3.05, 3.63) is 0 Å². The van der Waals surface area contributed by atoms with Crippen molar-refractivity contribution in [3.8, 4) is 0 Å². The molecule has 74 valence electrons. The molecule has 0 heterocycles. The van der Waals surface area contributed by atoms with Crippen LogP contribution >= 0.6 is 0 Å². The summed E-state index contributed by atoms with van der Waals surface area (Å²) in [6, 6.07) is 0. The average Bonchev–Trinajstić information content (AvgIpc) is 2.03. The summed E-state index contributed by atoms with van der Waals surface area (Å²) in [5.41, 5.74) is 0. The van der Waals surface area contributed by atoms with Crippen LogP contribution in [-0.4, -0.2) is 11.1 Å². The molecule has 13 heavy (non-hydrogen) atoms. The highest BCUT2D eigenvalue weighted by Gasteiger charge is 2.49. The van der Waals surface area contributed by atoms with E-state index in [4.69, 9.17) is 5.11 Å².